The molecule has 6 nitrogen and oxygen atoms in total. The first-order valence-electron chi connectivity index (χ1n) is 12.0. The largest absolute Gasteiger partial charge is 2.00 e. The summed E-state index contributed by atoms with van der Waals surface area (Å²) in [5.74, 6) is 2.39. The first-order valence-corrected chi connectivity index (χ1v) is 12.4. The SMILES string of the molecule is NC(N)=NCc1ccc(CN(C[C-]2CC=CCC2C2[CH-]CC=CC2)C(=O)c2ccc(Cl)nc2)cc1.[U+2]. The maximum absolute atomic E-state index is 13.6. The summed E-state index contributed by atoms with van der Waals surface area (Å²) in [5.41, 5.74) is 13.5. The summed E-state index contributed by atoms with van der Waals surface area (Å²) in [6, 6.07) is 11.5. The quantitative estimate of drug-likeness (QED) is 0.134. The molecule has 0 fully saturated rings. The molecule has 2 unspecified atom stereocenters. The van der Waals surface area contributed by atoms with Crippen LogP contribution in [0.3, 0.4) is 0 Å². The fraction of sp³-hybridized carbons (Fsp3) is 0.321. The van der Waals surface area contributed by atoms with Crippen LogP contribution in [0.5, 0.6) is 0 Å². The Morgan fingerprint density at radius 1 is 1.08 bits per heavy atom. The van der Waals surface area contributed by atoms with Crippen molar-refractivity contribution in [1.82, 2.24) is 9.88 Å². The molecule has 0 bridgehead atoms. The van der Waals surface area contributed by atoms with Crippen LogP contribution in [0.1, 0.15) is 47.2 Å². The van der Waals surface area contributed by atoms with Crippen LogP contribution in [0.15, 0.2) is 71.9 Å². The average Bonchev–Trinajstić information content (AvgIpc) is 2.89. The molecule has 4 N–H and O–H groups in total. The zero-order chi connectivity index (χ0) is 24.6. The predicted molar refractivity (Wildman–Crippen MR) is 141 cm³/mol. The molecule has 1 aromatic heterocycles. The number of allylic oxidation sites excluding steroid dienone is 4. The van der Waals surface area contributed by atoms with Gasteiger partial charge in [-0.05, 0) is 23.3 Å². The van der Waals surface area contributed by atoms with E-state index in [1.807, 2.05) is 29.2 Å². The Hall–Kier alpha value is -2.07. The molecular formula is C28H32ClN5OU. The molecular weight excluding hydrogens is 696 g/mol. The summed E-state index contributed by atoms with van der Waals surface area (Å²) >= 11 is 5.96. The second-order valence-electron chi connectivity index (χ2n) is 9.11. The zero-order valence-corrected chi connectivity index (χ0v) is 25.2. The van der Waals surface area contributed by atoms with Crippen LogP contribution in [0, 0.1) is 55.3 Å². The van der Waals surface area contributed by atoms with Crippen molar-refractivity contribution >= 4 is 23.5 Å². The van der Waals surface area contributed by atoms with E-state index in [0.29, 0.717) is 42.2 Å². The molecule has 0 saturated carbocycles. The van der Waals surface area contributed by atoms with Crippen molar-refractivity contribution < 1.29 is 35.9 Å². The summed E-state index contributed by atoms with van der Waals surface area (Å²) in [6.45, 7) is 1.54. The molecule has 0 saturated heterocycles. The van der Waals surface area contributed by atoms with E-state index in [9.17, 15) is 4.79 Å². The maximum atomic E-state index is 13.6. The third-order valence-corrected chi connectivity index (χ3v) is 6.85. The van der Waals surface area contributed by atoms with Crippen molar-refractivity contribution in [3.8, 4) is 0 Å². The van der Waals surface area contributed by atoms with E-state index >= 15 is 0 Å². The molecule has 1 amide bonds. The van der Waals surface area contributed by atoms with E-state index in [1.54, 1.807) is 18.3 Å². The van der Waals surface area contributed by atoms with Crippen LogP contribution in [0.2, 0.25) is 5.15 Å². The van der Waals surface area contributed by atoms with Gasteiger partial charge in [-0.25, -0.2) is 9.98 Å². The van der Waals surface area contributed by atoms with Gasteiger partial charge in [0, 0.05) is 12.7 Å². The van der Waals surface area contributed by atoms with Crippen LogP contribution >= 0.6 is 11.6 Å². The number of carbonyl (C=O) groups excluding carboxylic acids is 1. The molecule has 2 aliphatic rings. The first-order chi connectivity index (χ1) is 17.0. The topological polar surface area (TPSA) is 97.6 Å². The second-order valence-corrected chi connectivity index (χ2v) is 9.49. The van der Waals surface area contributed by atoms with Gasteiger partial charge in [-0.3, -0.25) is 10.7 Å². The molecule has 186 valence electrons. The zero-order valence-electron chi connectivity index (χ0n) is 20.3. The van der Waals surface area contributed by atoms with Gasteiger partial charge in [-0.15, -0.1) is 12.2 Å². The van der Waals surface area contributed by atoms with E-state index in [-0.39, 0.29) is 43.0 Å². The normalized spacial score (nSPS) is 19.4. The number of amides is 1. The molecule has 4 rings (SSSR count). The molecule has 0 spiro atoms. The third kappa shape index (κ3) is 7.97. The number of carbonyl (C=O) groups is 1. The van der Waals surface area contributed by atoms with Gasteiger partial charge in [-0.2, -0.15) is 24.7 Å². The molecule has 0 radical (unpaired) electrons. The Labute approximate surface area is 242 Å². The molecule has 0 aliphatic heterocycles. The number of nitrogens with zero attached hydrogens (tertiary/aromatic N) is 3. The third-order valence-electron chi connectivity index (χ3n) is 6.62. The number of hydrogen-bond acceptors (Lipinski definition) is 3. The minimum atomic E-state index is -0.0490. The van der Waals surface area contributed by atoms with Gasteiger partial charge in [0.2, 0.25) is 0 Å². The molecule has 8 heteroatoms. The molecule has 2 aliphatic carbocycles. The van der Waals surface area contributed by atoms with Crippen LogP contribution in [0.4, 0.5) is 0 Å². The van der Waals surface area contributed by atoms with Gasteiger partial charge in [0.05, 0.1) is 12.1 Å². The predicted octanol–water partition coefficient (Wildman–Crippen LogP) is 4.86. The number of guanidine groups is 1. The Bertz CT molecular complexity index is 1080. The van der Waals surface area contributed by atoms with Crippen LogP contribution in [-0.4, -0.2) is 28.3 Å². The number of hydrogen-bond donors (Lipinski definition) is 2. The number of pyridine rings is 1. The van der Waals surface area contributed by atoms with E-state index in [4.69, 9.17) is 23.1 Å². The fourth-order valence-electron chi connectivity index (χ4n) is 4.77. The number of halogens is 1. The van der Waals surface area contributed by atoms with Crippen LogP contribution in [-0.2, 0) is 13.1 Å². The summed E-state index contributed by atoms with van der Waals surface area (Å²) < 4.78 is 0. The molecule has 2 aromatic rings. The summed E-state index contributed by atoms with van der Waals surface area (Å²) in [7, 11) is 0. The van der Waals surface area contributed by atoms with Crippen molar-refractivity contribution in [2.45, 2.75) is 38.8 Å². The molecule has 36 heavy (non-hydrogen) atoms. The average molecular weight is 728 g/mol. The molecule has 2 atom stereocenters. The van der Waals surface area contributed by atoms with Crippen molar-refractivity contribution in [2.24, 2.45) is 28.3 Å². The van der Waals surface area contributed by atoms with Gasteiger partial charge in [-0.1, -0.05) is 67.4 Å². The first kappa shape index (κ1) is 28.5. The van der Waals surface area contributed by atoms with E-state index in [0.717, 1.165) is 36.8 Å². The minimum absolute atomic E-state index is 0. The van der Waals surface area contributed by atoms with Crippen LogP contribution < -0.4 is 11.5 Å². The second kappa shape index (κ2) is 14.0. The van der Waals surface area contributed by atoms with Gasteiger partial charge in [0.25, 0.3) is 5.91 Å². The summed E-state index contributed by atoms with van der Waals surface area (Å²) in [5, 5.41) is 0.372. The summed E-state index contributed by atoms with van der Waals surface area (Å²) in [6.07, 6.45) is 17.0. The van der Waals surface area contributed by atoms with Gasteiger partial charge < -0.3 is 22.8 Å². The van der Waals surface area contributed by atoms with Gasteiger partial charge in [0.15, 0.2) is 5.96 Å². The number of rotatable bonds is 8. The van der Waals surface area contributed by atoms with Gasteiger partial charge >= 0.3 is 31.1 Å². The molecule has 1 aromatic carbocycles. The van der Waals surface area contributed by atoms with E-state index < -0.39 is 0 Å². The number of aromatic nitrogens is 1. The van der Waals surface area contributed by atoms with Crippen LogP contribution in [0.25, 0.3) is 0 Å². The van der Waals surface area contributed by atoms with Gasteiger partial charge in [0.1, 0.15) is 5.15 Å². The number of benzene rings is 1. The summed E-state index contributed by atoms with van der Waals surface area (Å²) in [4.78, 5) is 23.7. The minimum Gasteiger partial charge on any atom is -0.370 e. The molecule has 1 heterocycles. The standard InChI is InChI=1S/C28H32ClN5O.U/c29-26-15-14-23(17-32-26)27(35)34(18-21-12-10-20(11-13-21)16-33-28(30)31)19-24-8-4-5-9-25(24)22-6-2-1-3-7-22;/h1-2,4-5,7,10-15,17,22,25H,3,6,8-9,16,18-19H2,(H4,30,31,33);/q-2;+2. The van der Waals surface area contributed by atoms with E-state index in [2.05, 4.69) is 40.7 Å². The van der Waals surface area contributed by atoms with E-state index in [1.165, 1.54) is 5.92 Å². The maximum Gasteiger partial charge on any atom is 2.00 e. The Morgan fingerprint density at radius 2 is 1.83 bits per heavy atom. The number of nitrogens with two attached hydrogens (primary N) is 2. The number of aliphatic imine (C=N–C) groups is 1. The smallest absolute Gasteiger partial charge is 0.370 e. The van der Waals surface area contributed by atoms with Crippen molar-refractivity contribution in [3.63, 3.8) is 0 Å². The Kier molecular flexibility index (Phi) is 11.1. The van der Waals surface area contributed by atoms with Crippen molar-refractivity contribution in [1.29, 1.82) is 0 Å². The Morgan fingerprint density at radius 3 is 2.50 bits per heavy atom. The van der Waals surface area contributed by atoms with Crippen molar-refractivity contribution in [2.75, 3.05) is 6.54 Å². The fourth-order valence-corrected chi connectivity index (χ4v) is 4.88. The Balaban J connectivity index is 0.00000361. The van der Waals surface area contributed by atoms with Crippen molar-refractivity contribution in [3.05, 3.63) is 101 Å². The monoisotopic (exact) mass is 727 g/mol.